The van der Waals surface area contributed by atoms with Gasteiger partial charge in [-0.25, -0.2) is 0 Å². The van der Waals surface area contributed by atoms with E-state index in [4.69, 9.17) is 0 Å². The zero-order valence-corrected chi connectivity index (χ0v) is 8.95. The van der Waals surface area contributed by atoms with Crippen molar-refractivity contribution in [1.82, 2.24) is 0 Å². The van der Waals surface area contributed by atoms with E-state index in [1.807, 2.05) is 6.08 Å². The molecule has 2 nitrogen and oxygen atoms in total. The smallest absolute Gasteiger partial charge is 0.145 e. The molecule has 78 valence electrons. The summed E-state index contributed by atoms with van der Waals surface area (Å²) in [6.07, 6.45) is 6.28. The molecule has 0 aromatic carbocycles. The Bertz CT molecular complexity index is 253. The first-order chi connectivity index (χ1) is 6.67. The molecule has 0 radical (unpaired) electrons. The summed E-state index contributed by atoms with van der Waals surface area (Å²) >= 11 is 0. The molecule has 0 heterocycles. The standard InChI is InChI=1S/C12H18O2/c1-3-10-4-5-12(14)7-11(10)6-9(2)8-13/h6,8,10-11H,3-5,7H2,1-2H3. The van der Waals surface area contributed by atoms with E-state index in [1.54, 1.807) is 6.92 Å². The van der Waals surface area contributed by atoms with Crippen molar-refractivity contribution >= 4 is 12.1 Å². The summed E-state index contributed by atoms with van der Waals surface area (Å²) < 4.78 is 0. The highest BCUT2D eigenvalue weighted by Gasteiger charge is 2.26. The van der Waals surface area contributed by atoms with Gasteiger partial charge in [-0.2, -0.15) is 0 Å². The van der Waals surface area contributed by atoms with Crippen molar-refractivity contribution in [2.24, 2.45) is 11.8 Å². The van der Waals surface area contributed by atoms with Gasteiger partial charge < -0.3 is 0 Å². The summed E-state index contributed by atoms with van der Waals surface area (Å²) in [5.74, 6) is 1.23. The predicted octanol–water partition coefficient (Wildman–Crippen LogP) is 2.53. The van der Waals surface area contributed by atoms with Crippen LogP contribution in [-0.4, -0.2) is 12.1 Å². The van der Waals surface area contributed by atoms with Gasteiger partial charge in [-0.15, -0.1) is 0 Å². The minimum Gasteiger partial charge on any atom is -0.300 e. The van der Waals surface area contributed by atoms with Crippen molar-refractivity contribution in [2.75, 3.05) is 0 Å². The summed E-state index contributed by atoms with van der Waals surface area (Å²) in [6, 6.07) is 0. The zero-order valence-electron chi connectivity index (χ0n) is 8.95. The Kier molecular flexibility index (Phi) is 4.05. The molecule has 0 amide bonds. The lowest BCUT2D eigenvalue weighted by Gasteiger charge is -2.27. The lowest BCUT2D eigenvalue weighted by Crippen LogP contribution is -2.23. The first-order valence-electron chi connectivity index (χ1n) is 5.32. The third kappa shape index (κ3) is 2.79. The highest BCUT2D eigenvalue weighted by molar-refractivity contribution is 5.80. The predicted molar refractivity (Wildman–Crippen MR) is 56.0 cm³/mol. The molecular formula is C12H18O2. The van der Waals surface area contributed by atoms with Crippen LogP contribution in [0.25, 0.3) is 0 Å². The largest absolute Gasteiger partial charge is 0.300 e. The quantitative estimate of drug-likeness (QED) is 0.511. The van der Waals surface area contributed by atoms with Gasteiger partial charge in [0.05, 0.1) is 0 Å². The van der Waals surface area contributed by atoms with E-state index in [2.05, 4.69) is 6.92 Å². The summed E-state index contributed by atoms with van der Waals surface area (Å²) in [5.41, 5.74) is 0.753. The number of hydrogen-bond acceptors (Lipinski definition) is 2. The van der Waals surface area contributed by atoms with Gasteiger partial charge in [-0.1, -0.05) is 19.4 Å². The van der Waals surface area contributed by atoms with Crippen molar-refractivity contribution in [3.05, 3.63) is 11.6 Å². The Hall–Kier alpha value is -0.920. The Labute approximate surface area is 85.4 Å². The molecule has 0 aromatic rings. The van der Waals surface area contributed by atoms with Crippen molar-refractivity contribution < 1.29 is 9.59 Å². The molecule has 0 spiro atoms. The van der Waals surface area contributed by atoms with E-state index in [9.17, 15) is 9.59 Å². The number of allylic oxidation sites excluding steroid dienone is 2. The average Bonchev–Trinajstić information content (AvgIpc) is 2.18. The van der Waals surface area contributed by atoms with Crippen LogP contribution in [-0.2, 0) is 9.59 Å². The first kappa shape index (κ1) is 11.2. The van der Waals surface area contributed by atoms with Gasteiger partial charge in [0.25, 0.3) is 0 Å². The van der Waals surface area contributed by atoms with Gasteiger partial charge in [0, 0.05) is 12.8 Å². The second-order valence-electron chi connectivity index (χ2n) is 4.14. The Morgan fingerprint density at radius 2 is 2.29 bits per heavy atom. The summed E-state index contributed by atoms with van der Waals surface area (Å²) in [7, 11) is 0. The summed E-state index contributed by atoms with van der Waals surface area (Å²) in [6.45, 7) is 3.95. The van der Waals surface area contributed by atoms with E-state index >= 15 is 0 Å². The van der Waals surface area contributed by atoms with Crippen LogP contribution in [0, 0.1) is 11.8 Å². The molecule has 1 saturated carbocycles. The van der Waals surface area contributed by atoms with Crippen LogP contribution in [0.2, 0.25) is 0 Å². The third-order valence-corrected chi connectivity index (χ3v) is 3.05. The van der Waals surface area contributed by atoms with Gasteiger partial charge >= 0.3 is 0 Å². The average molecular weight is 194 g/mol. The fourth-order valence-corrected chi connectivity index (χ4v) is 2.17. The molecule has 0 bridgehead atoms. The molecular weight excluding hydrogens is 176 g/mol. The highest BCUT2D eigenvalue weighted by Crippen LogP contribution is 2.31. The topological polar surface area (TPSA) is 34.1 Å². The number of carbonyl (C=O) groups is 2. The van der Waals surface area contributed by atoms with Crippen LogP contribution >= 0.6 is 0 Å². The summed E-state index contributed by atoms with van der Waals surface area (Å²) in [4.78, 5) is 21.8. The molecule has 2 unspecified atom stereocenters. The number of rotatable bonds is 3. The van der Waals surface area contributed by atoms with E-state index < -0.39 is 0 Å². The maximum atomic E-state index is 11.3. The van der Waals surface area contributed by atoms with Crippen molar-refractivity contribution in [1.29, 1.82) is 0 Å². The van der Waals surface area contributed by atoms with Crippen LogP contribution in [0.15, 0.2) is 11.6 Å². The Morgan fingerprint density at radius 3 is 2.86 bits per heavy atom. The molecule has 2 heteroatoms. The fraction of sp³-hybridized carbons (Fsp3) is 0.667. The van der Waals surface area contributed by atoms with E-state index in [-0.39, 0.29) is 0 Å². The van der Waals surface area contributed by atoms with E-state index in [0.717, 1.165) is 31.1 Å². The normalized spacial score (nSPS) is 29.0. The fourth-order valence-electron chi connectivity index (χ4n) is 2.17. The maximum absolute atomic E-state index is 11.3. The Balaban J connectivity index is 2.70. The van der Waals surface area contributed by atoms with Crippen LogP contribution in [0.3, 0.4) is 0 Å². The maximum Gasteiger partial charge on any atom is 0.145 e. The van der Waals surface area contributed by atoms with Gasteiger partial charge in [0.1, 0.15) is 12.1 Å². The number of aldehydes is 1. The van der Waals surface area contributed by atoms with Crippen LogP contribution in [0.4, 0.5) is 0 Å². The SMILES string of the molecule is CCC1CCC(=O)CC1C=C(C)C=O. The molecule has 1 aliphatic rings. The van der Waals surface area contributed by atoms with E-state index in [1.165, 1.54) is 0 Å². The van der Waals surface area contributed by atoms with Crippen molar-refractivity contribution in [3.63, 3.8) is 0 Å². The number of ketones is 1. The molecule has 1 rings (SSSR count). The molecule has 0 aliphatic heterocycles. The molecule has 1 aliphatic carbocycles. The first-order valence-corrected chi connectivity index (χ1v) is 5.32. The van der Waals surface area contributed by atoms with Crippen LogP contribution in [0.5, 0.6) is 0 Å². The number of Topliss-reactive ketones (excluding diaryl/α,β-unsaturated/α-hetero) is 1. The van der Waals surface area contributed by atoms with Crippen LogP contribution < -0.4 is 0 Å². The van der Waals surface area contributed by atoms with Gasteiger partial charge in [0.2, 0.25) is 0 Å². The lowest BCUT2D eigenvalue weighted by molar-refractivity contribution is -0.122. The molecule has 1 fully saturated rings. The van der Waals surface area contributed by atoms with E-state index in [0.29, 0.717) is 24.0 Å². The minimum atomic E-state index is 0.298. The number of carbonyl (C=O) groups excluding carboxylic acids is 2. The van der Waals surface area contributed by atoms with Crippen molar-refractivity contribution in [2.45, 2.75) is 39.5 Å². The summed E-state index contributed by atoms with van der Waals surface area (Å²) in [5, 5.41) is 0. The van der Waals surface area contributed by atoms with Crippen LogP contribution in [0.1, 0.15) is 39.5 Å². The lowest BCUT2D eigenvalue weighted by atomic mass is 9.76. The molecule has 0 saturated heterocycles. The minimum absolute atomic E-state index is 0.298. The second-order valence-corrected chi connectivity index (χ2v) is 4.14. The highest BCUT2D eigenvalue weighted by atomic mass is 16.1. The molecule has 14 heavy (non-hydrogen) atoms. The number of hydrogen-bond donors (Lipinski definition) is 0. The third-order valence-electron chi connectivity index (χ3n) is 3.05. The monoisotopic (exact) mass is 194 g/mol. The second kappa shape index (κ2) is 5.08. The van der Waals surface area contributed by atoms with Gasteiger partial charge in [0.15, 0.2) is 0 Å². The molecule has 0 N–H and O–H groups in total. The van der Waals surface area contributed by atoms with Gasteiger partial charge in [-0.05, 0) is 30.8 Å². The molecule has 2 atom stereocenters. The molecule has 0 aromatic heterocycles. The zero-order chi connectivity index (χ0) is 10.6. The van der Waals surface area contributed by atoms with Gasteiger partial charge in [-0.3, -0.25) is 9.59 Å². The Morgan fingerprint density at radius 1 is 1.57 bits per heavy atom. The van der Waals surface area contributed by atoms with Crippen molar-refractivity contribution in [3.8, 4) is 0 Å².